The first kappa shape index (κ1) is 14.7. The van der Waals surface area contributed by atoms with Gasteiger partial charge in [-0.25, -0.2) is 4.79 Å². The third-order valence-electron chi connectivity index (χ3n) is 3.56. The van der Waals surface area contributed by atoms with Crippen molar-refractivity contribution in [3.05, 3.63) is 29.8 Å². The summed E-state index contributed by atoms with van der Waals surface area (Å²) in [5, 5.41) is 6.04. The highest BCUT2D eigenvalue weighted by Gasteiger charge is 2.24. The summed E-state index contributed by atoms with van der Waals surface area (Å²) in [7, 11) is 2.09. The van der Waals surface area contributed by atoms with E-state index in [1.165, 1.54) is 11.3 Å². The van der Waals surface area contributed by atoms with Crippen LogP contribution in [0.25, 0.3) is 0 Å². The van der Waals surface area contributed by atoms with Crippen molar-refractivity contribution >= 4 is 11.7 Å². The Morgan fingerprint density at radius 3 is 2.75 bits per heavy atom. The van der Waals surface area contributed by atoms with Crippen LogP contribution in [0.4, 0.5) is 10.5 Å². The van der Waals surface area contributed by atoms with E-state index in [4.69, 9.17) is 0 Å². The van der Waals surface area contributed by atoms with E-state index >= 15 is 0 Å². The Balaban J connectivity index is 2.01. The minimum Gasteiger partial charge on any atom is -0.374 e. The van der Waals surface area contributed by atoms with Gasteiger partial charge in [-0.1, -0.05) is 39.0 Å². The maximum Gasteiger partial charge on any atom is 0.315 e. The summed E-state index contributed by atoms with van der Waals surface area (Å²) in [4.78, 5) is 14.3. The van der Waals surface area contributed by atoms with Gasteiger partial charge in [0.1, 0.15) is 0 Å². The first-order chi connectivity index (χ1) is 9.37. The fourth-order valence-electron chi connectivity index (χ4n) is 2.43. The summed E-state index contributed by atoms with van der Waals surface area (Å²) in [6, 6.07) is 8.29. The smallest absolute Gasteiger partial charge is 0.315 e. The predicted molar refractivity (Wildman–Crippen MR) is 83.1 cm³/mol. The van der Waals surface area contributed by atoms with E-state index < -0.39 is 0 Å². The molecule has 1 atom stereocenters. The number of hydrogen-bond acceptors (Lipinski definition) is 2. The molecule has 0 radical (unpaired) electrons. The van der Waals surface area contributed by atoms with Crippen LogP contribution in [0.2, 0.25) is 0 Å². The minimum absolute atomic E-state index is 0.0794. The Morgan fingerprint density at radius 2 is 2.05 bits per heavy atom. The van der Waals surface area contributed by atoms with Gasteiger partial charge in [-0.2, -0.15) is 0 Å². The number of amides is 2. The van der Waals surface area contributed by atoms with Crippen molar-refractivity contribution < 1.29 is 4.79 Å². The lowest BCUT2D eigenvalue weighted by Gasteiger charge is -2.33. The number of nitrogens with zero attached hydrogens (tertiary/aromatic N) is 1. The summed E-state index contributed by atoms with van der Waals surface area (Å²) in [6.07, 6.45) is 0.941. The van der Waals surface area contributed by atoms with E-state index in [0.717, 1.165) is 13.0 Å². The Kier molecular flexibility index (Phi) is 4.21. The zero-order valence-electron chi connectivity index (χ0n) is 12.9. The van der Waals surface area contributed by atoms with Gasteiger partial charge in [0.15, 0.2) is 0 Å². The van der Waals surface area contributed by atoms with Crippen molar-refractivity contribution in [3.8, 4) is 0 Å². The highest BCUT2D eigenvalue weighted by Crippen LogP contribution is 2.32. The van der Waals surface area contributed by atoms with Gasteiger partial charge in [0.25, 0.3) is 0 Å². The van der Waals surface area contributed by atoms with Crippen LogP contribution in [0, 0.1) is 5.41 Å². The molecule has 1 aliphatic rings. The normalized spacial score (nSPS) is 18.4. The summed E-state index contributed by atoms with van der Waals surface area (Å²) in [5.41, 5.74) is 2.51. The summed E-state index contributed by atoms with van der Waals surface area (Å²) >= 11 is 0. The van der Waals surface area contributed by atoms with Gasteiger partial charge < -0.3 is 15.5 Å². The minimum atomic E-state index is -0.0794. The molecule has 4 nitrogen and oxygen atoms in total. The lowest BCUT2D eigenvalue weighted by atomic mass is 9.96. The van der Waals surface area contributed by atoms with Gasteiger partial charge >= 0.3 is 6.03 Å². The quantitative estimate of drug-likeness (QED) is 0.871. The van der Waals surface area contributed by atoms with Crippen LogP contribution in [0.1, 0.15) is 38.8 Å². The fraction of sp³-hybridized carbons (Fsp3) is 0.562. The van der Waals surface area contributed by atoms with Gasteiger partial charge in [0, 0.05) is 25.8 Å². The Morgan fingerprint density at radius 1 is 1.35 bits per heavy atom. The van der Waals surface area contributed by atoms with Gasteiger partial charge in [-0.3, -0.25) is 0 Å². The average Bonchev–Trinajstić information content (AvgIpc) is 2.39. The molecule has 0 aromatic heterocycles. The van der Waals surface area contributed by atoms with Crippen LogP contribution < -0.4 is 15.5 Å². The van der Waals surface area contributed by atoms with Crippen LogP contribution in [-0.2, 0) is 0 Å². The number of nitrogens with one attached hydrogen (secondary N) is 2. The first-order valence-corrected chi connectivity index (χ1v) is 7.21. The van der Waals surface area contributed by atoms with Crippen LogP contribution in [0.15, 0.2) is 24.3 Å². The molecule has 2 amide bonds. The molecule has 1 aromatic rings. The second-order valence-corrected chi connectivity index (χ2v) is 6.71. The van der Waals surface area contributed by atoms with E-state index in [2.05, 4.69) is 55.5 Å². The SMILES string of the molecule is CN1CCC(NC(=O)NCC(C)(C)C)c2ccccc21. The lowest BCUT2D eigenvalue weighted by Crippen LogP contribution is -2.43. The standard InChI is InChI=1S/C16H25N3O/c1-16(2,3)11-17-15(20)18-13-9-10-19(4)14-8-6-5-7-12(13)14/h5-8,13H,9-11H2,1-4H3,(H2,17,18,20). The molecule has 0 fully saturated rings. The van der Waals surface area contributed by atoms with Gasteiger partial charge in [-0.05, 0) is 23.5 Å². The molecule has 1 aliphatic heterocycles. The number of carbonyl (C=O) groups is 1. The highest BCUT2D eigenvalue weighted by molar-refractivity contribution is 5.75. The third-order valence-corrected chi connectivity index (χ3v) is 3.56. The van der Waals surface area contributed by atoms with E-state index in [0.29, 0.717) is 6.54 Å². The molecule has 20 heavy (non-hydrogen) atoms. The molecule has 2 N–H and O–H groups in total. The topological polar surface area (TPSA) is 44.4 Å². The summed E-state index contributed by atoms with van der Waals surface area (Å²) < 4.78 is 0. The molecule has 0 bridgehead atoms. The largest absolute Gasteiger partial charge is 0.374 e. The molecule has 0 saturated carbocycles. The van der Waals surface area contributed by atoms with Gasteiger partial charge in [0.2, 0.25) is 0 Å². The van der Waals surface area contributed by atoms with Crippen molar-refractivity contribution in [2.45, 2.75) is 33.2 Å². The van der Waals surface area contributed by atoms with Crippen molar-refractivity contribution in [1.82, 2.24) is 10.6 Å². The van der Waals surface area contributed by atoms with Gasteiger partial charge in [0.05, 0.1) is 6.04 Å². The molecule has 2 rings (SSSR count). The number of urea groups is 1. The molecule has 110 valence electrons. The van der Waals surface area contributed by atoms with Crippen LogP contribution in [0.5, 0.6) is 0 Å². The number of rotatable bonds is 2. The monoisotopic (exact) mass is 275 g/mol. The molecule has 1 unspecified atom stereocenters. The Bertz CT molecular complexity index is 479. The highest BCUT2D eigenvalue weighted by atomic mass is 16.2. The number of carbonyl (C=O) groups excluding carboxylic acids is 1. The number of para-hydroxylation sites is 1. The molecule has 1 heterocycles. The van der Waals surface area contributed by atoms with E-state index in [1.54, 1.807) is 0 Å². The van der Waals surface area contributed by atoms with Crippen LogP contribution >= 0.6 is 0 Å². The van der Waals surface area contributed by atoms with E-state index in [9.17, 15) is 4.79 Å². The zero-order valence-corrected chi connectivity index (χ0v) is 12.9. The second kappa shape index (κ2) is 5.73. The summed E-state index contributed by atoms with van der Waals surface area (Å²) in [6.45, 7) is 7.96. The number of hydrogen-bond donors (Lipinski definition) is 2. The fourth-order valence-corrected chi connectivity index (χ4v) is 2.43. The Hall–Kier alpha value is -1.71. The molecular weight excluding hydrogens is 250 g/mol. The molecule has 0 spiro atoms. The van der Waals surface area contributed by atoms with Crippen molar-refractivity contribution in [3.63, 3.8) is 0 Å². The van der Waals surface area contributed by atoms with Crippen molar-refractivity contribution in [2.75, 3.05) is 25.0 Å². The summed E-state index contributed by atoms with van der Waals surface area (Å²) in [5.74, 6) is 0. The van der Waals surface area contributed by atoms with Crippen LogP contribution in [0.3, 0.4) is 0 Å². The van der Waals surface area contributed by atoms with Crippen molar-refractivity contribution in [1.29, 1.82) is 0 Å². The molecule has 0 aliphatic carbocycles. The molecule has 4 heteroatoms. The number of anilines is 1. The molecule has 0 saturated heterocycles. The first-order valence-electron chi connectivity index (χ1n) is 7.21. The average molecular weight is 275 g/mol. The third kappa shape index (κ3) is 3.65. The van der Waals surface area contributed by atoms with Crippen LogP contribution in [-0.4, -0.2) is 26.2 Å². The predicted octanol–water partition coefficient (Wildman–Crippen LogP) is 2.91. The molecule has 1 aromatic carbocycles. The Labute approximate surface area is 121 Å². The van der Waals surface area contributed by atoms with Crippen molar-refractivity contribution in [2.24, 2.45) is 5.41 Å². The second-order valence-electron chi connectivity index (χ2n) is 6.71. The molecular formula is C16H25N3O. The van der Waals surface area contributed by atoms with E-state index in [1.807, 2.05) is 12.1 Å². The lowest BCUT2D eigenvalue weighted by molar-refractivity contribution is 0.231. The maximum absolute atomic E-state index is 12.0. The number of fused-ring (bicyclic) bond motifs is 1. The van der Waals surface area contributed by atoms with Gasteiger partial charge in [-0.15, -0.1) is 0 Å². The maximum atomic E-state index is 12.0. The number of benzene rings is 1. The zero-order chi connectivity index (χ0) is 14.8. The van der Waals surface area contributed by atoms with E-state index in [-0.39, 0.29) is 17.5 Å².